The topological polar surface area (TPSA) is 3.24 Å². The average molecular weight is 175 g/mol. The SMILES string of the molecule is CCCN(C(C)C)C(S)CC. The van der Waals surface area contributed by atoms with Crippen LogP contribution in [0, 0.1) is 0 Å². The van der Waals surface area contributed by atoms with Gasteiger partial charge in [-0.3, -0.25) is 4.90 Å². The molecule has 1 nitrogen and oxygen atoms in total. The van der Waals surface area contributed by atoms with Crippen LogP contribution in [-0.2, 0) is 0 Å². The molecule has 0 aliphatic rings. The molecule has 0 spiro atoms. The van der Waals surface area contributed by atoms with Gasteiger partial charge in [0.1, 0.15) is 0 Å². The van der Waals surface area contributed by atoms with Crippen molar-refractivity contribution in [3.05, 3.63) is 0 Å². The first kappa shape index (κ1) is 11.3. The first-order chi connectivity index (χ1) is 5.13. The highest BCUT2D eigenvalue weighted by Crippen LogP contribution is 2.12. The maximum atomic E-state index is 4.52. The maximum absolute atomic E-state index is 4.52. The van der Waals surface area contributed by atoms with E-state index in [1.54, 1.807) is 0 Å². The van der Waals surface area contributed by atoms with E-state index in [1.807, 2.05) is 0 Å². The van der Waals surface area contributed by atoms with Crippen molar-refractivity contribution in [2.75, 3.05) is 6.54 Å². The van der Waals surface area contributed by atoms with Crippen molar-refractivity contribution in [2.24, 2.45) is 0 Å². The van der Waals surface area contributed by atoms with Crippen molar-refractivity contribution >= 4 is 12.6 Å². The zero-order valence-electron chi connectivity index (χ0n) is 8.17. The van der Waals surface area contributed by atoms with E-state index in [1.165, 1.54) is 13.0 Å². The van der Waals surface area contributed by atoms with Crippen LogP contribution >= 0.6 is 12.6 Å². The second-order valence-corrected chi connectivity index (χ2v) is 3.82. The Balaban J connectivity index is 3.87. The molecule has 0 rings (SSSR count). The molecule has 0 heterocycles. The Labute approximate surface area is 76.6 Å². The summed E-state index contributed by atoms with van der Waals surface area (Å²) in [6.07, 6.45) is 2.34. The van der Waals surface area contributed by atoms with Crippen LogP contribution in [0.25, 0.3) is 0 Å². The minimum atomic E-state index is 0.440. The van der Waals surface area contributed by atoms with Crippen molar-refractivity contribution in [3.63, 3.8) is 0 Å². The summed E-state index contributed by atoms with van der Waals surface area (Å²) in [5.74, 6) is 0. The molecule has 1 atom stereocenters. The fourth-order valence-electron chi connectivity index (χ4n) is 1.24. The second-order valence-electron chi connectivity index (χ2n) is 3.22. The Morgan fingerprint density at radius 2 is 1.82 bits per heavy atom. The Morgan fingerprint density at radius 1 is 1.27 bits per heavy atom. The average Bonchev–Trinajstić information content (AvgIpc) is 1.98. The van der Waals surface area contributed by atoms with Crippen molar-refractivity contribution in [2.45, 2.75) is 52.0 Å². The van der Waals surface area contributed by atoms with Crippen LogP contribution in [0.15, 0.2) is 0 Å². The molecule has 2 heteroatoms. The van der Waals surface area contributed by atoms with Gasteiger partial charge in [0.15, 0.2) is 0 Å². The minimum absolute atomic E-state index is 0.440. The normalized spacial score (nSPS) is 14.5. The molecule has 0 aromatic carbocycles. The molecule has 0 aromatic rings. The molecular weight excluding hydrogens is 154 g/mol. The molecule has 0 radical (unpaired) electrons. The molecule has 0 bridgehead atoms. The summed E-state index contributed by atoms with van der Waals surface area (Å²) in [5.41, 5.74) is 0. The first-order valence-corrected chi connectivity index (χ1v) is 5.08. The number of hydrogen-bond acceptors (Lipinski definition) is 2. The van der Waals surface area contributed by atoms with Crippen molar-refractivity contribution in [1.29, 1.82) is 0 Å². The number of thiol groups is 1. The van der Waals surface area contributed by atoms with E-state index in [-0.39, 0.29) is 0 Å². The van der Waals surface area contributed by atoms with Gasteiger partial charge in [0.05, 0.1) is 5.37 Å². The minimum Gasteiger partial charge on any atom is -0.289 e. The molecule has 11 heavy (non-hydrogen) atoms. The number of nitrogens with zero attached hydrogens (tertiary/aromatic N) is 1. The molecule has 0 saturated carbocycles. The molecule has 0 amide bonds. The third-order valence-corrected chi connectivity index (χ3v) is 2.55. The molecular formula is C9H21NS. The van der Waals surface area contributed by atoms with Gasteiger partial charge in [0, 0.05) is 6.04 Å². The predicted molar refractivity (Wildman–Crippen MR) is 55.2 cm³/mol. The zero-order valence-corrected chi connectivity index (χ0v) is 9.06. The monoisotopic (exact) mass is 175 g/mol. The fourth-order valence-corrected chi connectivity index (χ4v) is 1.63. The third kappa shape index (κ3) is 4.02. The molecule has 0 fully saturated rings. The molecule has 0 saturated heterocycles. The summed E-state index contributed by atoms with van der Waals surface area (Å²) in [6, 6.07) is 0.623. The Hall–Kier alpha value is 0.310. The van der Waals surface area contributed by atoms with E-state index in [0.717, 1.165) is 6.42 Å². The first-order valence-electron chi connectivity index (χ1n) is 4.57. The van der Waals surface area contributed by atoms with Crippen LogP contribution in [0.2, 0.25) is 0 Å². The molecule has 0 aliphatic heterocycles. The summed E-state index contributed by atoms with van der Waals surface area (Å²) in [7, 11) is 0. The van der Waals surface area contributed by atoms with Gasteiger partial charge >= 0.3 is 0 Å². The lowest BCUT2D eigenvalue weighted by Gasteiger charge is -2.30. The number of rotatable bonds is 5. The van der Waals surface area contributed by atoms with Gasteiger partial charge < -0.3 is 0 Å². The maximum Gasteiger partial charge on any atom is 0.0527 e. The summed E-state index contributed by atoms with van der Waals surface area (Å²) in [4.78, 5) is 2.43. The van der Waals surface area contributed by atoms with Gasteiger partial charge in [0.25, 0.3) is 0 Å². The van der Waals surface area contributed by atoms with Crippen molar-refractivity contribution < 1.29 is 0 Å². The van der Waals surface area contributed by atoms with Crippen LogP contribution in [0.4, 0.5) is 0 Å². The van der Waals surface area contributed by atoms with E-state index in [4.69, 9.17) is 0 Å². The fraction of sp³-hybridized carbons (Fsp3) is 1.00. The summed E-state index contributed by atoms with van der Waals surface area (Å²) in [6.45, 7) is 10.0. The Morgan fingerprint density at radius 3 is 2.09 bits per heavy atom. The van der Waals surface area contributed by atoms with Gasteiger partial charge in [-0.15, -0.1) is 0 Å². The van der Waals surface area contributed by atoms with Crippen LogP contribution in [-0.4, -0.2) is 22.9 Å². The van der Waals surface area contributed by atoms with Crippen molar-refractivity contribution in [1.82, 2.24) is 4.90 Å². The van der Waals surface area contributed by atoms with E-state index >= 15 is 0 Å². The summed E-state index contributed by atoms with van der Waals surface area (Å²) in [5, 5.41) is 0.440. The molecule has 1 unspecified atom stereocenters. The standard InChI is InChI=1S/C9H21NS/c1-5-7-10(8(3)4)9(11)6-2/h8-9,11H,5-7H2,1-4H3. The third-order valence-electron chi connectivity index (χ3n) is 1.89. The van der Waals surface area contributed by atoms with Crippen LogP contribution in [0.3, 0.4) is 0 Å². The lowest BCUT2D eigenvalue weighted by atomic mass is 10.2. The highest BCUT2D eigenvalue weighted by molar-refractivity contribution is 7.80. The largest absolute Gasteiger partial charge is 0.289 e. The number of hydrogen-bond donors (Lipinski definition) is 1. The van der Waals surface area contributed by atoms with Crippen molar-refractivity contribution in [3.8, 4) is 0 Å². The van der Waals surface area contributed by atoms with Crippen LogP contribution < -0.4 is 0 Å². The highest BCUT2D eigenvalue weighted by atomic mass is 32.1. The predicted octanol–water partition coefficient (Wildman–Crippen LogP) is 2.77. The zero-order chi connectivity index (χ0) is 8.85. The molecule has 68 valence electrons. The van der Waals surface area contributed by atoms with Crippen LogP contribution in [0.1, 0.15) is 40.5 Å². The Bertz CT molecular complexity index is 93.6. The van der Waals surface area contributed by atoms with E-state index in [9.17, 15) is 0 Å². The molecule has 0 N–H and O–H groups in total. The second kappa shape index (κ2) is 5.90. The van der Waals surface area contributed by atoms with Gasteiger partial charge in [-0.2, -0.15) is 12.6 Å². The Kier molecular flexibility index (Phi) is 6.06. The molecule has 0 aromatic heterocycles. The molecule has 0 aliphatic carbocycles. The summed E-state index contributed by atoms with van der Waals surface area (Å²) >= 11 is 4.52. The lowest BCUT2D eigenvalue weighted by Crippen LogP contribution is -2.37. The smallest absolute Gasteiger partial charge is 0.0527 e. The van der Waals surface area contributed by atoms with Gasteiger partial charge in [0.2, 0.25) is 0 Å². The summed E-state index contributed by atoms with van der Waals surface area (Å²) < 4.78 is 0. The highest BCUT2D eigenvalue weighted by Gasteiger charge is 2.14. The van der Waals surface area contributed by atoms with Gasteiger partial charge in [-0.05, 0) is 33.2 Å². The van der Waals surface area contributed by atoms with E-state index in [2.05, 4.69) is 45.2 Å². The van der Waals surface area contributed by atoms with E-state index < -0.39 is 0 Å². The van der Waals surface area contributed by atoms with E-state index in [0.29, 0.717) is 11.4 Å². The lowest BCUT2D eigenvalue weighted by molar-refractivity contribution is 0.203. The van der Waals surface area contributed by atoms with Crippen LogP contribution in [0.5, 0.6) is 0 Å². The van der Waals surface area contributed by atoms with Gasteiger partial charge in [-0.25, -0.2) is 0 Å². The van der Waals surface area contributed by atoms with Gasteiger partial charge in [-0.1, -0.05) is 13.8 Å². The quantitative estimate of drug-likeness (QED) is 0.497.